The number of ether oxygens (including phenoxy) is 2. The first-order valence-electron chi connectivity index (χ1n) is 5.81. The molecule has 1 atom stereocenters. The summed E-state index contributed by atoms with van der Waals surface area (Å²) in [6.07, 6.45) is 0. The molecule has 0 radical (unpaired) electrons. The van der Waals surface area contributed by atoms with Gasteiger partial charge >= 0.3 is 5.97 Å². The normalized spacial score (nSPS) is 16.0. The zero-order valence-corrected chi connectivity index (χ0v) is 11.7. The van der Waals surface area contributed by atoms with E-state index in [2.05, 4.69) is 0 Å². The molecule has 0 aliphatic heterocycles. The summed E-state index contributed by atoms with van der Waals surface area (Å²) in [4.78, 5) is 12.1. The highest BCUT2D eigenvalue weighted by atomic mass is 16.5. The van der Waals surface area contributed by atoms with Gasteiger partial charge in [-0.2, -0.15) is 0 Å². The Balaban J connectivity index is 4.71. The minimum atomic E-state index is -0.601. The van der Waals surface area contributed by atoms with Crippen LogP contribution in [-0.2, 0) is 14.3 Å². The summed E-state index contributed by atoms with van der Waals surface area (Å²) in [6.45, 7) is 12.9. The third kappa shape index (κ3) is 3.78. The Morgan fingerprint density at radius 1 is 1.19 bits per heavy atom. The summed E-state index contributed by atoms with van der Waals surface area (Å²) in [5.74, 6) is 0.186. The second-order valence-corrected chi connectivity index (χ2v) is 6.01. The summed E-state index contributed by atoms with van der Waals surface area (Å²) in [5.41, 5.74) is -0.784. The highest BCUT2D eigenvalue weighted by Gasteiger charge is 2.45. The van der Waals surface area contributed by atoms with Gasteiger partial charge in [-0.05, 0) is 18.3 Å². The molecule has 0 rings (SSSR count). The fraction of sp³-hybridized carbons (Fsp3) is 0.923. The second-order valence-electron chi connectivity index (χ2n) is 6.01. The van der Waals surface area contributed by atoms with E-state index >= 15 is 0 Å². The van der Waals surface area contributed by atoms with Crippen LogP contribution in [-0.4, -0.2) is 26.3 Å². The van der Waals surface area contributed by atoms with Crippen molar-refractivity contribution in [1.29, 1.82) is 0 Å². The third-order valence-electron chi connectivity index (χ3n) is 3.09. The maximum Gasteiger partial charge on any atom is 0.314 e. The lowest BCUT2D eigenvalue weighted by atomic mass is 9.68. The van der Waals surface area contributed by atoms with Crippen molar-refractivity contribution < 1.29 is 14.3 Å². The van der Waals surface area contributed by atoms with Crippen molar-refractivity contribution in [3.8, 4) is 0 Å². The highest BCUT2D eigenvalue weighted by molar-refractivity contribution is 5.77. The van der Waals surface area contributed by atoms with Gasteiger partial charge in [-0.3, -0.25) is 4.79 Å². The van der Waals surface area contributed by atoms with Gasteiger partial charge in [-0.15, -0.1) is 0 Å². The maximum absolute atomic E-state index is 12.1. The number of carbonyl (C=O) groups excluding carboxylic acids is 1. The SMILES string of the molecule is COCC(C)(C(=O)OCC(C)C)C(C)(C)C. The molecule has 0 heterocycles. The van der Waals surface area contributed by atoms with Crippen molar-refractivity contribution >= 4 is 5.97 Å². The largest absolute Gasteiger partial charge is 0.465 e. The summed E-state index contributed by atoms with van der Waals surface area (Å²) < 4.78 is 10.5. The van der Waals surface area contributed by atoms with Crippen LogP contribution in [0.4, 0.5) is 0 Å². The van der Waals surface area contributed by atoms with Gasteiger partial charge in [0.25, 0.3) is 0 Å². The number of methoxy groups -OCH3 is 1. The summed E-state index contributed by atoms with van der Waals surface area (Å²) in [5, 5.41) is 0. The molecule has 1 unspecified atom stereocenters. The van der Waals surface area contributed by atoms with Crippen molar-refractivity contribution in [2.24, 2.45) is 16.7 Å². The monoisotopic (exact) mass is 230 g/mol. The molecule has 0 aromatic carbocycles. The zero-order chi connectivity index (χ0) is 13.0. The molecule has 3 nitrogen and oxygen atoms in total. The standard InChI is InChI=1S/C13H26O3/c1-10(2)8-16-11(14)13(6,9-15-7)12(3,4)5/h10H,8-9H2,1-7H3. The van der Waals surface area contributed by atoms with Crippen molar-refractivity contribution in [2.45, 2.75) is 41.5 Å². The molecule has 0 fully saturated rings. The van der Waals surface area contributed by atoms with E-state index in [-0.39, 0.29) is 11.4 Å². The van der Waals surface area contributed by atoms with E-state index in [9.17, 15) is 4.79 Å². The van der Waals surface area contributed by atoms with Crippen LogP contribution in [0, 0.1) is 16.7 Å². The molecular formula is C13H26O3. The number of rotatable bonds is 5. The van der Waals surface area contributed by atoms with E-state index < -0.39 is 5.41 Å². The lowest BCUT2D eigenvalue weighted by molar-refractivity contribution is -0.167. The lowest BCUT2D eigenvalue weighted by Gasteiger charge is -2.39. The van der Waals surface area contributed by atoms with E-state index in [4.69, 9.17) is 9.47 Å². The van der Waals surface area contributed by atoms with Crippen LogP contribution in [0.15, 0.2) is 0 Å². The molecule has 0 aromatic heterocycles. The molecule has 0 N–H and O–H groups in total. The minimum absolute atomic E-state index is 0.171. The molecule has 16 heavy (non-hydrogen) atoms. The molecule has 0 saturated carbocycles. The van der Waals surface area contributed by atoms with E-state index in [1.807, 2.05) is 41.5 Å². The molecule has 0 aromatic rings. The van der Waals surface area contributed by atoms with Crippen LogP contribution in [0.3, 0.4) is 0 Å². The predicted molar refractivity (Wildman–Crippen MR) is 65.2 cm³/mol. The quantitative estimate of drug-likeness (QED) is 0.681. The van der Waals surface area contributed by atoms with E-state index in [1.165, 1.54) is 0 Å². The highest BCUT2D eigenvalue weighted by Crippen LogP contribution is 2.39. The predicted octanol–water partition coefficient (Wildman–Crippen LogP) is 2.88. The van der Waals surface area contributed by atoms with Gasteiger partial charge < -0.3 is 9.47 Å². The summed E-state index contributed by atoms with van der Waals surface area (Å²) in [6, 6.07) is 0. The maximum atomic E-state index is 12.1. The Bertz CT molecular complexity index is 228. The Morgan fingerprint density at radius 3 is 2.00 bits per heavy atom. The number of esters is 1. The van der Waals surface area contributed by atoms with Gasteiger partial charge in [-0.25, -0.2) is 0 Å². The molecule has 0 bridgehead atoms. The topological polar surface area (TPSA) is 35.5 Å². The van der Waals surface area contributed by atoms with Crippen molar-refractivity contribution in [2.75, 3.05) is 20.3 Å². The summed E-state index contributed by atoms with van der Waals surface area (Å²) >= 11 is 0. The fourth-order valence-electron chi connectivity index (χ4n) is 1.27. The van der Waals surface area contributed by atoms with Crippen LogP contribution in [0.1, 0.15) is 41.5 Å². The Kier molecular flexibility index (Phi) is 5.47. The molecule has 0 saturated heterocycles. The first-order valence-corrected chi connectivity index (χ1v) is 5.81. The number of hydrogen-bond donors (Lipinski definition) is 0. The Morgan fingerprint density at radius 2 is 1.69 bits per heavy atom. The van der Waals surface area contributed by atoms with E-state index in [0.717, 1.165) is 0 Å². The number of hydrogen-bond acceptors (Lipinski definition) is 3. The van der Waals surface area contributed by atoms with Crippen LogP contribution in [0.25, 0.3) is 0 Å². The molecule has 3 heteroatoms. The molecule has 96 valence electrons. The van der Waals surface area contributed by atoms with Crippen molar-refractivity contribution in [3.63, 3.8) is 0 Å². The molecule has 0 spiro atoms. The van der Waals surface area contributed by atoms with Crippen molar-refractivity contribution in [3.05, 3.63) is 0 Å². The minimum Gasteiger partial charge on any atom is -0.465 e. The zero-order valence-electron chi connectivity index (χ0n) is 11.7. The average Bonchev–Trinajstić information content (AvgIpc) is 2.12. The first kappa shape index (κ1) is 15.4. The van der Waals surface area contributed by atoms with Gasteiger partial charge in [0.1, 0.15) is 0 Å². The van der Waals surface area contributed by atoms with Crippen LogP contribution in [0.5, 0.6) is 0 Å². The smallest absolute Gasteiger partial charge is 0.314 e. The summed E-state index contributed by atoms with van der Waals surface area (Å²) in [7, 11) is 1.61. The first-order chi connectivity index (χ1) is 7.15. The van der Waals surface area contributed by atoms with E-state index in [0.29, 0.717) is 19.1 Å². The molecule has 0 amide bonds. The molecular weight excluding hydrogens is 204 g/mol. The van der Waals surface area contributed by atoms with Crippen LogP contribution < -0.4 is 0 Å². The van der Waals surface area contributed by atoms with Gasteiger partial charge in [0, 0.05) is 7.11 Å². The van der Waals surface area contributed by atoms with E-state index in [1.54, 1.807) is 7.11 Å². The van der Waals surface area contributed by atoms with Gasteiger partial charge in [-0.1, -0.05) is 34.6 Å². The van der Waals surface area contributed by atoms with Crippen LogP contribution in [0.2, 0.25) is 0 Å². The molecule has 0 aliphatic carbocycles. The fourth-order valence-corrected chi connectivity index (χ4v) is 1.27. The van der Waals surface area contributed by atoms with Gasteiger partial charge in [0.2, 0.25) is 0 Å². The Labute approximate surface area is 99.5 Å². The van der Waals surface area contributed by atoms with Crippen LogP contribution >= 0.6 is 0 Å². The lowest BCUT2D eigenvalue weighted by Crippen LogP contribution is -2.45. The third-order valence-corrected chi connectivity index (χ3v) is 3.09. The number of carbonyl (C=O) groups is 1. The molecule has 0 aliphatic rings. The van der Waals surface area contributed by atoms with Crippen molar-refractivity contribution in [1.82, 2.24) is 0 Å². The van der Waals surface area contributed by atoms with Gasteiger partial charge in [0.05, 0.1) is 18.6 Å². The second kappa shape index (κ2) is 5.67. The van der Waals surface area contributed by atoms with Gasteiger partial charge in [0.15, 0.2) is 0 Å². The Hall–Kier alpha value is -0.570. The average molecular weight is 230 g/mol.